The number of hydrogen-bond donors (Lipinski definition) is 0. The Morgan fingerprint density at radius 2 is 0.923 bits per heavy atom. The van der Waals surface area contributed by atoms with Gasteiger partial charge in [0, 0.05) is 0 Å². The molecule has 0 aromatic heterocycles. The molecule has 0 radical (unpaired) electrons. The molecule has 0 saturated carbocycles. The number of rotatable bonds is 2. The first-order valence-corrected chi connectivity index (χ1v) is 13.8. The normalized spacial score (nSPS) is 11.6. The zero-order valence-corrected chi connectivity index (χ0v) is 23.2. The van der Waals surface area contributed by atoms with Crippen molar-refractivity contribution in [1.82, 2.24) is 0 Å². The summed E-state index contributed by atoms with van der Waals surface area (Å²) in [6, 6.07) is 48.7. The molecular weight excluding hydrogens is 468 g/mol. The van der Waals surface area contributed by atoms with Gasteiger partial charge in [-0.2, -0.15) is 0 Å². The Hall–Kier alpha value is -4.42. The van der Waals surface area contributed by atoms with Crippen LogP contribution < -0.4 is 0 Å². The van der Waals surface area contributed by atoms with Gasteiger partial charge in [-0.3, -0.25) is 0 Å². The lowest BCUT2D eigenvalue weighted by molar-refractivity contribution is 0.591. The Morgan fingerprint density at radius 1 is 0.410 bits per heavy atom. The van der Waals surface area contributed by atoms with Crippen LogP contribution in [0.4, 0.5) is 0 Å². The maximum Gasteiger partial charge on any atom is -0.00201 e. The summed E-state index contributed by atoms with van der Waals surface area (Å²) in [6.07, 6.45) is 0. The van der Waals surface area contributed by atoms with Gasteiger partial charge in [-0.05, 0) is 84.1 Å². The van der Waals surface area contributed by atoms with E-state index >= 15 is 0 Å². The third-order valence-electron chi connectivity index (χ3n) is 7.81. The number of aryl methyl sites for hydroxylation is 1. The summed E-state index contributed by atoms with van der Waals surface area (Å²) in [5.41, 5.74) is 7.77. The van der Waals surface area contributed by atoms with Gasteiger partial charge in [0.2, 0.25) is 0 Å². The summed E-state index contributed by atoms with van der Waals surface area (Å²) >= 11 is 0. The van der Waals surface area contributed by atoms with Crippen LogP contribution in [0, 0.1) is 6.92 Å². The second-order valence-corrected chi connectivity index (χ2v) is 11.4. The molecule has 0 aliphatic rings. The fourth-order valence-corrected chi connectivity index (χ4v) is 5.78. The second-order valence-electron chi connectivity index (χ2n) is 11.4. The monoisotopic (exact) mass is 502 g/mol. The molecule has 0 N–H and O–H groups in total. The fourth-order valence-electron chi connectivity index (χ4n) is 5.78. The van der Waals surface area contributed by atoms with E-state index < -0.39 is 0 Å². The lowest BCUT2D eigenvalue weighted by Crippen LogP contribution is -2.10. The van der Waals surface area contributed by atoms with Crippen LogP contribution in [0.5, 0.6) is 0 Å². The molecule has 0 aliphatic heterocycles. The van der Waals surface area contributed by atoms with Crippen LogP contribution in [0.1, 0.15) is 31.9 Å². The Morgan fingerprint density at radius 3 is 1.64 bits per heavy atom. The molecular formula is C39H34. The predicted octanol–water partition coefficient (Wildman–Crippen LogP) is 11.2. The minimum absolute atomic E-state index is 0.0414. The molecule has 0 fully saturated rings. The molecule has 0 heterocycles. The average molecular weight is 503 g/mol. The molecule has 0 nitrogen and oxygen atoms in total. The van der Waals surface area contributed by atoms with Gasteiger partial charge in [0.15, 0.2) is 0 Å². The largest absolute Gasteiger partial charge is 0.0623 e. The summed E-state index contributed by atoms with van der Waals surface area (Å²) < 4.78 is 0. The molecule has 0 aliphatic carbocycles. The van der Waals surface area contributed by atoms with Gasteiger partial charge in [0.05, 0.1) is 0 Å². The summed E-state index contributed by atoms with van der Waals surface area (Å²) in [5.74, 6) is 0. The van der Waals surface area contributed by atoms with Crippen molar-refractivity contribution in [1.29, 1.82) is 0 Å². The van der Waals surface area contributed by atoms with E-state index in [1.54, 1.807) is 0 Å². The van der Waals surface area contributed by atoms with Crippen molar-refractivity contribution in [3.8, 4) is 22.3 Å². The van der Waals surface area contributed by atoms with Crippen molar-refractivity contribution in [3.63, 3.8) is 0 Å². The molecule has 0 bridgehead atoms. The van der Waals surface area contributed by atoms with Gasteiger partial charge in [-0.25, -0.2) is 0 Å². The quantitative estimate of drug-likeness (QED) is 0.207. The van der Waals surface area contributed by atoms with Crippen molar-refractivity contribution in [2.45, 2.75) is 33.1 Å². The van der Waals surface area contributed by atoms with Gasteiger partial charge in [0.1, 0.15) is 0 Å². The number of benzene rings is 5. The zero-order valence-electron chi connectivity index (χ0n) is 23.2. The number of fused-ring (bicyclic) bond motifs is 3. The van der Waals surface area contributed by atoms with Gasteiger partial charge in [-0.1, -0.05) is 148 Å². The lowest BCUT2D eigenvalue weighted by Gasteiger charge is -2.23. The smallest absolute Gasteiger partial charge is 0.00201 e. The maximum absolute atomic E-state index is 2.44. The molecule has 6 aromatic carbocycles. The lowest BCUT2D eigenvalue weighted by atomic mass is 9.80. The van der Waals surface area contributed by atoms with Crippen LogP contribution in [-0.4, -0.2) is 0 Å². The van der Waals surface area contributed by atoms with Crippen LogP contribution >= 0.6 is 0 Å². The fraction of sp³-hybridized carbons (Fsp3) is 0.128. The van der Waals surface area contributed by atoms with Crippen LogP contribution in [0.2, 0.25) is 0 Å². The Balaban J connectivity index is 1.86. The highest BCUT2D eigenvalue weighted by atomic mass is 14.2. The van der Waals surface area contributed by atoms with E-state index in [2.05, 4.69) is 161 Å². The van der Waals surface area contributed by atoms with Gasteiger partial charge < -0.3 is 0 Å². The van der Waals surface area contributed by atoms with E-state index in [1.807, 2.05) is 0 Å². The highest BCUT2D eigenvalue weighted by Crippen LogP contribution is 2.46. The van der Waals surface area contributed by atoms with Crippen molar-refractivity contribution < 1.29 is 0 Å². The molecule has 0 unspecified atom stereocenters. The molecule has 6 aromatic rings. The van der Waals surface area contributed by atoms with Crippen LogP contribution in [-0.2, 0) is 5.41 Å². The molecule has 0 amide bonds. The summed E-state index contributed by atoms with van der Waals surface area (Å²) in [7, 11) is 0. The molecule has 6 rings (SSSR count). The average Bonchev–Trinajstić information content (AvgIpc) is 2.94. The summed E-state index contributed by atoms with van der Waals surface area (Å²) in [4.78, 5) is 0. The topological polar surface area (TPSA) is 0 Å². The van der Waals surface area contributed by atoms with E-state index in [0.29, 0.717) is 0 Å². The SMILES string of the molecule is Cc1ccccccccc1-c1c2ccccc2c(-c2cccc3ccccc23)c2ccc(C(C)(C)C)cc12. The maximum atomic E-state index is 2.44. The third-order valence-corrected chi connectivity index (χ3v) is 7.81. The van der Waals surface area contributed by atoms with Crippen molar-refractivity contribution in [2.75, 3.05) is 0 Å². The zero-order chi connectivity index (χ0) is 27.0. The minimum Gasteiger partial charge on any atom is -0.0623 e. The van der Waals surface area contributed by atoms with Crippen molar-refractivity contribution in [2.24, 2.45) is 0 Å². The molecule has 0 heteroatoms. The number of hydrogen-bond acceptors (Lipinski definition) is 0. The van der Waals surface area contributed by atoms with Crippen LogP contribution in [0.25, 0.3) is 54.6 Å². The third kappa shape index (κ3) is 4.57. The molecule has 0 saturated heterocycles. The first-order chi connectivity index (χ1) is 18.9. The highest BCUT2D eigenvalue weighted by molar-refractivity contribution is 6.23. The van der Waals surface area contributed by atoms with Gasteiger partial charge in [-0.15, -0.1) is 0 Å². The molecule has 0 atom stereocenters. The van der Waals surface area contributed by atoms with Crippen molar-refractivity contribution in [3.05, 3.63) is 145 Å². The van der Waals surface area contributed by atoms with E-state index in [-0.39, 0.29) is 5.41 Å². The first kappa shape index (κ1) is 24.9. The second kappa shape index (κ2) is 10.0. The van der Waals surface area contributed by atoms with E-state index in [1.165, 1.54) is 65.7 Å². The molecule has 39 heavy (non-hydrogen) atoms. The molecule has 190 valence electrons. The summed E-state index contributed by atoms with van der Waals surface area (Å²) in [5, 5.41) is 7.70. The standard InChI is InChI=1S/C39H34/c1-27-16-9-7-5-6-8-10-19-30(27)37-33-21-13-14-22-34(33)38(32-23-15-18-28-17-11-12-20-31(28)32)35-25-24-29(26-36(35)37)39(2,3)4/h5-26H,1-4H3. The highest BCUT2D eigenvalue weighted by Gasteiger charge is 2.21. The first-order valence-electron chi connectivity index (χ1n) is 13.8. The van der Waals surface area contributed by atoms with Crippen LogP contribution in [0.3, 0.4) is 0 Å². The van der Waals surface area contributed by atoms with Gasteiger partial charge in [0.25, 0.3) is 0 Å². The Labute approximate surface area is 231 Å². The Kier molecular flexibility index (Phi) is 6.41. The Bertz CT molecular complexity index is 1890. The minimum atomic E-state index is 0.0414. The summed E-state index contributed by atoms with van der Waals surface area (Å²) in [6.45, 7) is 9.12. The van der Waals surface area contributed by atoms with Gasteiger partial charge >= 0.3 is 0 Å². The predicted molar refractivity (Wildman–Crippen MR) is 171 cm³/mol. The van der Waals surface area contributed by atoms with E-state index in [9.17, 15) is 0 Å². The molecule has 0 spiro atoms. The van der Waals surface area contributed by atoms with Crippen molar-refractivity contribution >= 4 is 32.3 Å². The van der Waals surface area contributed by atoms with E-state index in [4.69, 9.17) is 0 Å². The van der Waals surface area contributed by atoms with Crippen LogP contribution in [0.15, 0.2) is 133 Å². The van der Waals surface area contributed by atoms with E-state index in [0.717, 1.165) is 0 Å².